The summed E-state index contributed by atoms with van der Waals surface area (Å²) in [4.78, 5) is 13.5. The van der Waals surface area contributed by atoms with Gasteiger partial charge in [0, 0.05) is 24.3 Å². The number of anilines is 2. The van der Waals surface area contributed by atoms with Crippen molar-refractivity contribution in [3.63, 3.8) is 0 Å². The van der Waals surface area contributed by atoms with E-state index >= 15 is 0 Å². The van der Waals surface area contributed by atoms with Crippen LogP contribution in [0, 0.1) is 0 Å². The number of nitrogens with one attached hydrogen (secondary N) is 2. The van der Waals surface area contributed by atoms with Crippen LogP contribution in [-0.4, -0.2) is 32.3 Å². The molecule has 1 heterocycles. The number of nitrogens with zero attached hydrogens (tertiary/aromatic N) is 1. The Bertz CT molecular complexity index is 895. The van der Waals surface area contributed by atoms with Crippen LogP contribution in [0.3, 0.4) is 0 Å². The van der Waals surface area contributed by atoms with E-state index in [1.165, 1.54) is 5.56 Å². The Balaban J connectivity index is 1.78. The molecule has 0 atom stereocenters. The van der Waals surface area contributed by atoms with Crippen molar-refractivity contribution in [1.82, 2.24) is 5.48 Å². The fourth-order valence-corrected chi connectivity index (χ4v) is 3.49. The second-order valence-corrected chi connectivity index (χ2v) is 7.78. The summed E-state index contributed by atoms with van der Waals surface area (Å²) >= 11 is 0. The topological polar surface area (TPSA) is 98.7 Å². The molecular weight excluding hydrogens is 342 g/mol. The molecule has 7 nitrogen and oxygen atoms in total. The minimum atomic E-state index is -3.31. The zero-order valence-electron chi connectivity index (χ0n) is 13.7. The predicted molar refractivity (Wildman–Crippen MR) is 95.4 cm³/mol. The van der Waals surface area contributed by atoms with E-state index in [-0.39, 0.29) is 0 Å². The lowest BCUT2D eigenvalue weighted by atomic mass is 10.1. The molecule has 2 aromatic carbocycles. The van der Waals surface area contributed by atoms with E-state index in [4.69, 9.17) is 5.21 Å². The lowest BCUT2D eigenvalue weighted by molar-refractivity contribution is 0.0706. The van der Waals surface area contributed by atoms with Gasteiger partial charge < -0.3 is 4.90 Å². The SMILES string of the molecule is CS(=O)(=O)Nc1ccc2c(c1)N(Cc1ccc(C(=O)NO)cc1)CC2. The Kier molecular flexibility index (Phi) is 4.65. The third-order valence-electron chi connectivity index (χ3n) is 4.07. The van der Waals surface area contributed by atoms with Crippen molar-refractivity contribution in [3.05, 3.63) is 59.2 Å². The van der Waals surface area contributed by atoms with E-state index in [1.54, 1.807) is 23.7 Å². The Labute approximate surface area is 146 Å². The molecule has 0 fully saturated rings. The lowest BCUT2D eigenvalue weighted by Gasteiger charge is -2.20. The Morgan fingerprint density at radius 1 is 1.20 bits per heavy atom. The van der Waals surface area contributed by atoms with Gasteiger partial charge in [0.1, 0.15) is 0 Å². The van der Waals surface area contributed by atoms with Crippen LogP contribution in [0.1, 0.15) is 21.5 Å². The highest BCUT2D eigenvalue weighted by Gasteiger charge is 2.20. The molecule has 132 valence electrons. The molecule has 8 heteroatoms. The number of hydrogen-bond donors (Lipinski definition) is 3. The second kappa shape index (κ2) is 6.73. The van der Waals surface area contributed by atoms with Crippen LogP contribution >= 0.6 is 0 Å². The minimum Gasteiger partial charge on any atom is -0.367 e. The standard InChI is InChI=1S/C17H19N3O4S/c1-25(23,24)19-15-7-6-13-8-9-20(16(13)10-15)11-12-2-4-14(5-3-12)17(21)18-22/h2-7,10,19,22H,8-9,11H2,1H3,(H,18,21). The number of hydroxylamine groups is 1. The number of benzene rings is 2. The second-order valence-electron chi connectivity index (χ2n) is 6.03. The van der Waals surface area contributed by atoms with Gasteiger partial charge in [0.05, 0.1) is 11.9 Å². The van der Waals surface area contributed by atoms with Crippen molar-refractivity contribution < 1.29 is 18.4 Å². The molecule has 25 heavy (non-hydrogen) atoms. The van der Waals surface area contributed by atoms with E-state index in [0.717, 1.165) is 30.5 Å². The number of sulfonamides is 1. The summed E-state index contributed by atoms with van der Waals surface area (Å²) in [6.45, 7) is 1.49. The lowest BCUT2D eigenvalue weighted by Crippen LogP contribution is -2.21. The van der Waals surface area contributed by atoms with Crippen molar-refractivity contribution in [1.29, 1.82) is 0 Å². The van der Waals surface area contributed by atoms with Crippen LogP contribution in [0.4, 0.5) is 11.4 Å². The molecule has 0 unspecified atom stereocenters. The fraction of sp³-hybridized carbons (Fsp3) is 0.235. The molecule has 3 N–H and O–H groups in total. The summed E-state index contributed by atoms with van der Waals surface area (Å²) < 4.78 is 25.3. The maximum absolute atomic E-state index is 11.4. The summed E-state index contributed by atoms with van der Waals surface area (Å²) in [5.41, 5.74) is 5.73. The van der Waals surface area contributed by atoms with Gasteiger partial charge in [-0.15, -0.1) is 0 Å². The molecule has 0 saturated carbocycles. The Hall–Kier alpha value is -2.58. The van der Waals surface area contributed by atoms with Crippen molar-refractivity contribution in [2.75, 3.05) is 22.4 Å². The van der Waals surface area contributed by atoms with E-state index in [0.29, 0.717) is 17.8 Å². The van der Waals surface area contributed by atoms with E-state index in [9.17, 15) is 13.2 Å². The number of carbonyl (C=O) groups excluding carboxylic acids is 1. The summed E-state index contributed by atoms with van der Waals surface area (Å²) in [6, 6.07) is 12.5. The molecular formula is C17H19N3O4S. The van der Waals surface area contributed by atoms with Crippen molar-refractivity contribution in [2.45, 2.75) is 13.0 Å². The number of amides is 1. The van der Waals surface area contributed by atoms with Crippen molar-refractivity contribution >= 4 is 27.3 Å². The molecule has 1 aliphatic heterocycles. The van der Waals surface area contributed by atoms with E-state index < -0.39 is 15.9 Å². The smallest absolute Gasteiger partial charge is 0.274 e. The first-order valence-electron chi connectivity index (χ1n) is 7.75. The summed E-state index contributed by atoms with van der Waals surface area (Å²) in [6.07, 6.45) is 2.03. The number of rotatable bonds is 5. The average molecular weight is 361 g/mol. The van der Waals surface area contributed by atoms with Crippen LogP contribution in [0.2, 0.25) is 0 Å². The highest BCUT2D eigenvalue weighted by molar-refractivity contribution is 7.92. The van der Waals surface area contributed by atoms with Gasteiger partial charge in [-0.3, -0.25) is 14.7 Å². The van der Waals surface area contributed by atoms with Crippen LogP contribution in [0.15, 0.2) is 42.5 Å². The Morgan fingerprint density at radius 2 is 1.92 bits per heavy atom. The molecule has 3 rings (SSSR count). The van der Waals surface area contributed by atoms with Crippen LogP contribution in [-0.2, 0) is 23.0 Å². The Morgan fingerprint density at radius 3 is 2.56 bits per heavy atom. The zero-order valence-corrected chi connectivity index (χ0v) is 14.5. The third kappa shape index (κ3) is 4.09. The molecule has 1 amide bonds. The molecule has 0 aliphatic carbocycles. The molecule has 1 aliphatic rings. The minimum absolute atomic E-state index is 0.382. The number of hydrogen-bond acceptors (Lipinski definition) is 5. The van der Waals surface area contributed by atoms with Gasteiger partial charge in [-0.25, -0.2) is 13.9 Å². The molecule has 0 bridgehead atoms. The fourth-order valence-electron chi connectivity index (χ4n) is 2.93. The predicted octanol–water partition coefficient (Wildman–Crippen LogP) is 1.74. The van der Waals surface area contributed by atoms with E-state index in [2.05, 4.69) is 9.62 Å². The normalized spacial score (nSPS) is 13.4. The molecule has 2 aromatic rings. The van der Waals surface area contributed by atoms with Gasteiger partial charge >= 0.3 is 0 Å². The van der Waals surface area contributed by atoms with Crippen molar-refractivity contribution in [2.24, 2.45) is 0 Å². The number of fused-ring (bicyclic) bond motifs is 1. The third-order valence-corrected chi connectivity index (χ3v) is 4.68. The summed E-state index contributed by atoms with van der Waals surface area (Å²) in [7, 11) is -3.31. The summed E-state index contributed by atoms with van der Waals surface area (Å²) in [5, 5.41) is 8.65. The zero-order chi connectivity index (χ0) is 18.0. The van der Waals surface area contributed by atoms with Crippen LogP contribution < -0.4 is 15.1 Å². The van der Waals surface area contributed by atoms with Gasteiger partial charge in [-0.05, 0) is 41.8 Å². The molecule has 0 aromatic heterocycles. The largest absolute Gasteiger partial charge is 0.367 e. The van der Waals surface area contributed by atoms with Gasteiger partial charge in [-0.1, -0.05) is 18.2 Å². The summed E-state index contributed by atoms with van der Waals surface area (Å²) in [5.74, 6) is -0.547. The molecule has 0 radical (unpaired) electrons. The highest BCUT2D eigenvalue weighted by Crippen LogP contribution is 2.32. The van der Waals surface area contributed by atoms with E-state index in [1.807, 2.05) is 24.3 Å². The average Bonchev–Trinajstić information content (AvgIpc) is 2.96. The maximum Gasteiger partial charge on any atom is 0.274 e. The first-order chi connectivity index (χ1) is 11.9. The molecule has 0 saturated heterocycles. The van der Waals surface area contributed by atoms with Crippen LogP contribution in [0.5, 0.6) is 0 Å². The van der Waals surface area contributed by atoms with Gasteiger partial charge in [0.2, 0.25) is 10.0 Å². The van der Waals surface area contributed by atoms with Gasteiger partial charge in [0.25, 0.3) is 5.91 Å². The maximum atomic E-state index is 11.4. The highest BCUT2D eigenvalue weighted by atomic mass is 32.2. The monoisotopic (exact) mass is 361 g/mol. The van der Waals surface area contributed by atoms with Crippen molar-refractivity contribution in [3.8, 4) is 0 Å². The quantitative estimate of drug-likeness (QED) is 0.557. The van der Waals surface area contributed by atoms with Gasteiger partial charge in [0.15, 0.2) is 0 Å². The first kappa shape index (κ1) is 17.2. The molecule has 0 spiro atoms. The van der Waals surface area contributed by atoms with Crippen LogP contribution in [0.25, 0.3) is 0 Å². The first-order valence-corrected chi connectivity index (χ1v) is 9.64. The number of carbonyl (C=O) groups is 1. The van der Waals surface area contributed by atoms with Gasteiger partial charge in [-0.2, -0.15) is 0 Å².